The number of sulfonamides is 1. The van der Waals surface area contributed by atoms with Crippen molar-refractivity contribution in [3.05, 3.63) is 27.1 Å². The summed E-state index contributed by atoms with van der Waals surface area (Å²) < 4.78 is 26.9. The van der Waals surface area contributed by atoms with Crippen LogP contribution in [0.3, 0.4) is 0 Å². The van der Waals surface area contributed by atoms with Crippen molar-refractivity contribution in [3.63, 3.8) is 0 Å². The van der Waals surface area contributed by atoms with Crippen LogP contribution in [0.15, 0.2) is 32.0 Å². The van der Waals surface area contributed by atoms with Crippen LogP contribution < -0.4 is 4.72 Å². The first kappa shape index (κ1) is 13.8. The Labute approximate surface area is 111 Å². The normalized spacial score (nSPS) is 11.4. The number of ketones is 1. The van der Waals surface area contributed by atoms with Crippen LogP contribution in [0.1, 0.15) is 6.92 Å². The monoisotopic (exact) mass is 369 g/mol. The van der Waals surface area contributed by atoms with E-state index in [1.165, 1.54) is 13.0 Å². The second-order valence-corrected chi connectivity index (χ2v) is 6.61. The zero-order valence-electron chi connectivity index (χ0n) is 8.33. The molecule has 88 valence electrons. The van der Waals surface area contributed by atoms with Gasteiger partial charge < -0.3 is 0 Å². The van der Waals surface area contributed by atoms with Crippen molar-refractivity contribution < 1.29 is 13.2 Å². The highest BCUT2D eigenvalue weighted by Gasteiger charge is 2.17. The maximum Gasteiger partial charge on any atom is 0.242 e. The Bertz CT molecular complexity index is 513. The second-order valence-electron chi connectivity index (χ2n) is 3.10. The van der Waals surface area contributed by atoms with E-state index in [-0.39, 0.29) is 17.2 Å². The van der Waals surface area contributed by atoms with Gasteiger partial charge in [-0.05, 0) is 41.1 Å². The first-order valence-electron chi connectivity index (χ1n) is 4.27. The van der Waals surface area contributed by atoms with Gasteiger partial charge in [0.2, 0.25) is 10.0 Å². The zero-order valence-corrected chi connectivity index (χ0v) is 12.3. The molecule has 0 bridgehead atoms. The molecule has 0 radical (unpaired) electrons. The molecule has 0 fully saturated rings. The molecule has 0 aliphatic carbocycles. The topological polar surface area (TPSA) is 63.2 Å². The third-order valence-electron chi connectivity index (χ3n) is 1.69. The van der Waals surface area contributed by atoms with Crippen LogP contribution in [-0.4, -0.2) is 20.7 Å². The predicted octanol–water partition coefficient (Wildman–Crippen LogP) is 2.08. The summed E-state index contributed by atoms with van der Waals surface area (Å²) >= 11 is 6.34. The van der Waals surface area contributed by atoms with Gasteiger partial charge in [0.1, 0.15) is 5.78 Å². The van der Waals surface area contributed by atoms with Crippen molar-refractivity contribution in [1.82, 2.24) is 4.72 Å². The summed E-state index contributed by atoms with van der Waals surface area (Å²) in [4.78, 5) is 10.8. The summed E-state index contributed by atoms with van der Waals surface area (Å²) in [7, 11) is -3.66. The molecular weight excluding hydrogens is 362 g/mol. The molecule has 0 aromatic heterocycles. The van der Waals surface area contributed by atoms with E-state index in [9.17, 15) is 13.2 Å². The van der Waals surface area contributed by atoms with E-state index in [4.69, 9.17) is 0 Å². The molecule has 1 aromatic rings. The number of carbonyl (C=O) groups excluding carboxylic acids is 1. The summed E-state index contributed by atoms with van der Waals surface area (Å²) in [5, 5.41) is 0. The Balaban J connectivity index is 3.07. The fourth-order valence-electron chi connectivity index (χ4n) is 0.958. The van der Waals surface area contributed by atoms with E-state index in [1.54, 1.807) is 12.1 Å². The summed E-state index contributed by atoms with van der Waals surface area (Å²) in [5.41, 5.74) is 0. The lowest BCUT2D eigenvalue weighted by Gasteiger charge is -2.07. The molecule has 1 rings (SSSR count). The zero-order chi connectivity index (χ0) is 12.3. The Morgan fingerprint density at radius 3 is 2.56 bits per heavy atom. The molecule has 1 aromatic carbocycles. The van der Waals surface area contributed by atoms with Gasteiger partial charge in [0.15, 0.2) is 0 Å². The number of benzene rings is 1. The number of Topliss-reactive ketones (excluding diaryl/α,β-unsaturated/α-hetero) is 1. The molecule has 0 saturated heterocycles. The first-order chi connectivity index (χ1) is 7.33. The van der Waals surface area contributed by atoms with Gasteiger partial charge >= 0.3 is 0 Å². The SMILES string of the molecule is CC(=O)CNS(=O)(=O)c1cc(Br)ccc1Br. The lowest BCUT2D eigenvalue weighted by Crippen LogP contribution is -2.28. The van der Waals surface area contributed by atoms with E-state index in [0.717, 1.165) is 0 Å². The molecular formula is C9H9Br2NO3S. The maximum absolute atomic E-state index is 11.8. The van der Waals surface area contributed by atoms with Crippen LogP contribution in [0, 0.1) is 0 Å². The summed E-state index contributed by atoms with van der Waals surface area (Å²) in [5.74, 6) is -0.241. The number of rotatable bonds is 4. The highest BCUT2D eigenvalue weighted by Crippen LogP contribution is 2.25. The van der Waals surface area contributed by atoms with Gasteiger partial charge in [-0.25, -0.2) is 13.1 Å². The highest BCUT2D eigenvalue weighted by molar-refractivity contribution is 9.11. The molecule has 0 unspecified atom stereocenters. The smallest absolute Gasteiger partial charge is 0.242 e. The third kappa shape index (κ3) is 3.65. The molecule has 7 heteroatoms. The Morgan fingerprint density at radius 2 is 2.00 bits per heavy atom. The van der Waals surface area contributed by atoms with E-state index in [2.05, 4.69) is 36.6 Å². The minimum atomic E-state index is -3.66. The molecule has 0 amide bonds. The van der Waals surface area contributed by atoms with E-state index in [0.29, 0.717) is 8.95 Å². The van der Waals surface area contributed by atoms with E-state index < -0.39 is 10.0 Å². The van der Waals surface area contributed by atoms with E-state index >= 15 is 0 Å². The summed E-state index contributed by atoms with van der Waals surface area (Å²) in [6, 6.07) is 4.80. The van der Waals surface area contributed by atoms with E-state index in [1.807, 2.05) is 0 Å². The summed E-state index contributed by atoms with van der Waals surface area (Å²) in [6.45, 7) is 1.11. The van der Waals surface area contributed by atoms with Gasteiger partial charge in [-0.15, -0.1) is 0 Å². The fourth-order valence-corrected chi connectivity index (χ4v) is 3.51. The largest absolute Gasteiger partial charge is 0.299 e. The van der Waals surface area contributed by atoms with Crippen molar-refractivity contribution in [2.24, 2.45) is 0 Å². The van der Waals surface area contributed by atoms with Crippen LogP contribution in [0.4, 0.5) is 0 Å². The van der Waals surface area contributed by atoms with Gasteiger partial charge in [-0.2, -0.15) is 0 Å². The number of halogens is 2. The number of hydrogen-bond acceptors (Lipinski definition) is 3. The number of hydrogen-bond donors (Lipinski definition) is 1. The predicted molar refractivity (Wildman–Crippen MR) is 67.7 cm³/mol. The van der Waals surface area contributed by atoms with Crippen molar-refractivity contribution in [2.45, 2.75) is 11.8 Å². The van der Waals surface area contributed by atoms with Crippen LogP contribution >= 0.6 is 31.9 Å². The molecule has 0 aliphatic heterocycles. The van der Waals surface area contributed by atoms with Crippen LogP contribution in [0.5, 0.6) is 0 Å². The number of carbonyl (C=O) groups is 1. The van der Waals surface area contributed by atoms with Crippen LogP contribution in [-0.2, 0) is 14.8 Å². The van der Waals surface area contributed by atoms with Crippen LogP contribution in [0.25, 0.3) is 0 Å². The van der Waals surface area contributed by atoms with Gasteiger partial charge in [0.25, 0.3) is 0 Å². The molecule has 0 spiro atoms. The summed E-state index contributed by atoms with van der Waals surface area (Å²) in [6.07, 6.45) is 0. The highest BCUT2D eigenvalue weighted by atomic mass is 79.9. The Kier molecular flexibility index (Phi) is 4.66. The minimum Gasteiger partial charge on any atom is -0.299 e. The number of nitrogens with one attached hydrogen (secondary N) is 1. The fraction of sp³-hybridized carbons (Fsp3) is 0.222. The average Bonchev–Trinajstić information content (AvgIpc) is 2.19. The molecule has 16 heavy (non-hydrogen) atoms. The van der Waals surface area contributed by atoms with Crippen molar-refractivity contribution >= 4 is 47.7 Å². The molecule has 4 nitrogen and oxygen atoms in total. The minimum absolute atomic E-state index is 0.100. The van der Waals surface area contributed by atoms with Crippen molar-refractivity contribution in [1.29, 1.82) is 0 Å². The molecule has 0 aliphatic rings. The third-order valence-corrected chi connectivity index (χ3v) is 4.58. The Hall–Kier alpha value is -0.240. The van der Waals surface area contributed by atoms with Crippen molar-refractivity contribution in [3.8, 4) is 0 Å². The van der Waals surface area contributed by atoms with Crippen molar-refractivity contribution in [2.75, 3.05) is 6.54 Å². The quantitative estimate of drug-likeness (QED) is 0.882. The molecule has 0 atom stereocenters. The lowest BCUT2D eigenvalue weighted by atomic mass is 10.4. The van der Waals surface area contributed by atoms with Gasteiger partial charge in [-0.3, -0.25) is 4.79 Å². The molecule has 1 N–H and O–H groups in total. The first-order valence-corrected chi connectivity index (χ1v) is 7.34. The van der Waals surface area contributed by atoms with Gasteiger partial charge in [0.05, 0.1) is 11.4 Å². The lowest BCUT2D eigenvalue weighted by molar-refractivity contribution is -0.115. The molecule has 0 saturated carbocycles. The second kappa shape index (κ2) is 5.39. The maximum atomic E-state index is 11.8. The van der Waals surface area contributed by atoms with Gasteiger partial charge in [-0.1, -0.05) is 15.9 Å². The standard InChI is InChI=1S/C9H9Br2NO3S/c1-6(13)5-12-16(14,15)9-4-7(10)2-3-8(9)11/h2-4,12H,5H2,1H3. The average molecular weight is 371 g/mol. The van der Waals surface area contributed by atoms with Gasteiger partial charge in [0, 0.05) is 8.95 Å². The van der Waals surface area contributed by atoms with Crippen LogP contribution in [0.2, 0.25) is 0 Å². The Morgan fingerprint density at radius 1 is 1.38 bits per heavy atom. The molecule has 0 heterocycles.